The summed E-state index contributed by atoms with van der Waals surface area (Å²) in [6, 6.07) is 3.81. The normalized spacial score (nSPS) is 21.0. The SMILES string of the molecule is Cc1oc(-c2cccs2)nc1CC(=O)NCCS(=O)(=O)N1C[C@@H](C)O[C@@H](C)C1. The fourth-order valence-electron chi connectivity index (χ4n) is 3.12. The molecular formula is C18H25N3O5S2. The molecule has 1 amide bonds. The van der Waals surface area contributed by atoms with Gasteiger partial charge in [0.1, 0.15) is 5.76 Å². The number of hydrogen-bond donors (Lipinski definition) is 1. The second-order valence-corrected chi connectivity index (χ2v) is 9.95. The molecule has 2 atom stereocenters. The van der Waals surface area contributed by atoms with E-state index in [0.29, 0.717) is 30.4 Å². The summed E-state index contributed by atoms with van der Waals surface area (Å²) in [7, 11) is -3.45. The number of aryl methyl sites for hydroxylation is 1. The topological polar surface area (TPSA) is 102 Å². The van der Waals surface area contributed by atoms with E-state index in [1.165, 1.54) is 15.6 Å². The van der Waals surface area contributed by atoms with Crippen molar-refractivity contribution in [2.24, 2.45) is 0 Å². The molecule has 2 aromatic heterocycles. The molecule has 0 bridgehead atoms. The van der Waals surface area contributed by atoms with Crippen LogP contribution in [0, 0.1) is 6.92 Å². The molecule has 10 heteroatoms. The molecule has 1 saturated heterocycles. The first kappa shape index (κ1) is 21.0. The van der Waals surface area contributed by atoms with E-state index < -0.39 is 10.0 Å². The zero-order chi connectivity index (χ0) is 20.3. The number of aromatic nitrogens is 1. The van der Waals surface area contributed by atoms with Gasteiger partial charge in [-0.1, -0.05) is 6.07 Å². The average Bonchev–Trinajstić information content (AvgIpc) is 3.24. The maximum atomic E-state index is 12.5. The van der Waals surface area contributed by atoms with Crippen molar-refractivity contribution in [3.63, 3.8) is 0 Å². The number of ether oxygens (including phenoxy) is 1. The Balaban J connectivity index is 1.51. The van der Waals surface area contributed by atoms with E-state index in [0.717, 1.165) is 4.88 Å². The number of morpholine rings is 1. The molecule has 0 unspecified atom stereocenters. The van der Waals surface area contributed by atoms with Gasteiger partial charge in [0.2, 0.25) is 21.8 Å². The molecule has 0 radical (unpaired) electrons. The fourth-order valence-corrected chi connectivity index (χ4v) is 5.26. The van der Waals surface area contributed by atoms with Crippen LogP contribution in [0.4, 0.5) is 0 Å². The summed E-state index contributed by atoms with van der Waals surface area (Å²) in [4.78, 5) is 17.5. The lowest BCUT2D eigenvalue weighted by atomic mass is 10.2. The molecule has 0 aromatic carbocycles. The van der Waals surface area contributed by atoms with E-state index >= 15 is 0 Å². The monoisotopic (exact) mass is 427 g/mol. The van der Waals surface area contributed by atoms with Crippen LogP contribution in [-0.4, -0.2) is 61.2 Å². The highest BCUT2D eigenvalue weighted by Gasteiger charge is 2.30. The van der Waals surface area contributed by atoms with Crippen molar-refractivity contribution >= 4 is 27.3 Å². The summed E-state index contributed by atoms with van der Waals surface area (Å²) in [5.74, 6) is 0.653. The van der Waals surface area contributed by atoms with Crippen LogP contribution in [0.3, 0.4) is 0 Å². The van der Waals surface area contributed by atoms with Crippen LogP contribution in [0.5, 0.6) is 0 Å². The van der Waals surface area contributed by atoms with Gasteiger partial charge in [-0.15, -0.1) is 11.3 Å². The van der Waals surface area contributed by atoms with Gasteiger partial charge < -0.3 is 14.5 Å². The van der Waals surface area contributed by atoms with Crippen LogP contribution in [0.25, 0.3) is 10.8 Å². The van der Waals surface area contributed by atoms with E-state index in [1.54, 1.807) is 6.92 Å². The Bertz CT molecular complexity index is 898. The van der Waals surface area contributed by atoms with Crippen molar-refractivity contribution in [2.45, 2.75) is 39.4 Å². The lowest BCUT2D eigenvalue weighted by Crippen LogP contribution is -2.49. The third kappa shape index (κ3) is 5.19. The van der Waals surface area contributed by atoms with Crippen LogP contribution in [0.2, 0.25) is 0 Å². The van der Waals surface area contributed by atoms with Crippen molar-refractivity contribution in [1.82, 2.24) is 14.6 Å². The first-order valence-electron chi connectivity index (χ1n) is 9.15. The van der Waals surface area contributed by atoms with Gasteiger partial charge in [-0.25, -0.2) is 13.4 Å². The van der Waals surface area contributed by atoms with Gasteiger partial charge in [0.05, 0.1) is 35.0 Å². The first-order chi connectivity index (χ1) is 13.2. The Morgan fingerprint density at radius 1 is 1.36 bits per heavy atom. The Kier molecular flexibility index (Phi) is 6.54. The molecule has 0 spiro atoms. The predicted octanol–water partition coefficient (Wildman–Crippen LogP) is 1.81. The highest BCUT2D eigenvalue weighted by molar-refractivity contribution is 7.89. The molecule has 1 fully saturated rings. The van der Waals surface area contributed by atoms with Crippen molar-refractivity contribution in [3.05, 3.63) is 29.0 Å². The molecular weight excluding hydrogens is 402 g/mol. The van der Waals surface area contributed by atoms with Crippen LogP contribution in [0.15, 0.2) is 21.9 Å². The summed E-state index contributed by atoms with van der Waals surface area (Å²) in [5, 5.41) is 4.59. The Labute approximate surface area is 168 Å². The number of thiophene rings is 1. The number of nitrogens with zero attached hydrogens (tertiary/aromatic N) is 2. The van der Waals surface area contributed by atoms with Gasteiger partial charge in [-0.05, 0) is 32.2 Å². The summed E-state index contributed by atoms with van der Waals surface area (Å²) >= 11 is 1.51. The summed E-state index contributed by atoms with van der Waals surface area (Å²) < 4.78 is 37.6. The second-order valence-electron chi connectivity index (χ2n) is 6.92. The summed E-state index contributed by atoms with van der Waals surface area (Å²) in [6.45, 7) is 6.19. The molecule has 0 aliphatic carbocycles. The minimum Gasteiger partial charge on any atom is -0.440 e. The van der Waals surface area contributed by atoms with Crippen LogP contribution < -0.4 is 5.32 Å². The van der Waals surface area contributed by atoms with E-state index in [-0.39, 0.29) is 36.8 Å². The number of oxazole rings is 1. The molecule has 154 valence electrons. The molecule has 3 rings (SSSR count). The molecule has 1 aliphatic rings. The third-order valence-electron chi connectivity index (χ3n) is 4.41. The van der Waals surface area contributed by atoms with E-state index in [4.69, 9.17) is 9.15 Å². The van der Waals surface area contributed by atoms with Gasteiger partial charge in [0.25, 0.3) is 0 Å². The molecule has 28 heavy (non-hydrogen) atoms. The highest BCUT2D eigenvalue weighted by Crippen LogP contribution is 2.26. The first-order valence-corrected chi connectivity index (χ1v) is 11.6. The fraction of sp³-hybridized carbons (Fsp3) is 0.556. The van der Waals surface area contributed by atoms with Gasteiger partial charge in [-0.2, -0.15) is 4.31 Å². The molecule has 2 aromatic rings. The third-order valence-corrected chi connectivity index (χ3v) is 7.08. The molecule has 1 aliphatic heterocycles. The molecule has 3 heterocycles. The van der Waals surface area contributed by atoms with Gasteiger partial charge in [-0.3, -0.25) is 4.79 Å². The van der Waals surface area contributed by atoms with Crippen molar-refractivity contribution in [3.8, 4) is 10.8 Å². The minimum atomic E-state index is -3.45. The standard InChI is InChI=1S/C18H25N3O5S2/c1-12-10-21(11-13(2)25-12)28(23,24)8-6-19-17(22)9-15-14(3)26-18(20-15)16-5-4-7-27-16/h4-5,7,12-13H,6,8-11H2,1-3H3,(H,19,22)/t12-,13+. The lowest BCUT2D eigenvalue weighted by Gasteiger charge is -2.34. The Hall–Kier alpha value is -1.75. The van der Waals surface area contributed by atoms with Crippen LogP contribution in [0.1, 0.15) is 25.3 Å². The number of amides is 1. The van der Waals surface area contributed by atoms with Crippen molar-refractivity contribution in [1.29, 1.82) is 0 Å². The van der Waals surface area contributed by atoms with Crippen LogP contribution >= 0.6 is 11.3 Å². The van der Waals surface area contributed by atoms with Gasteiger partial charge >= 0.3 is 0 Å². The van der Waals surface area contributed by atoms with Crippen molar-refractivity contribution < 1.29 is 22.4 Å². The Morgan fingerprint density at radius 3 is 2.71 bits per heavy atom. The molecule has 1 N–H and O–H groups in total. The van der Waals surface area contributed by atoms with Gasteiger partial charge in [0, 0.05) is 19.6 Å². The highest BCUT2D eigenvalue weighted by atomic mass is 32.2. The number of sulfonamides is 1. The van der Waals surface area contributed by atoms with Crippen molar-refractivity contribution in [2.75, 3.05) is 25.4 Å². The van der Waals surface area contributed by atoms with Gasteiger partial charge in [0.15, 0.2) is 0 Å². The summed E-state index contributed by atoms with van der Waals surface area (Å²) in [5.41, 5.74) is 0.555. The molecule has 8 nitrogen and oxygen atoms in total. The van der Waals surface area contributed by atoms with E-state index in [2.05, 4.69) is 10.3 Å². The number of nitrogens with one attached hydrogen (secondary N) is 1. The van der Waals surface area contributed by atoms with E-state index in [1.807, 2.05) is 31.4 Å². The minimum absolute atomic E-state index is 0.0480. The predicted molar refractivity (Wildman–Crippen MR) is 107 cm³/mol. The van der Waals surface area contributed by atoms with Crippen LogP contribution in [-0.2, 0) is 26.0 Å². The number of hydrogen-bond acceptors (Lipinski definition) is 7. The zero-order valence-electron chi connectivity index (χ0n) is 16.2. The smallest absolute Gasteiger partial charge is 0.236 e. The summed E-state index contributed by atoms with van der Waals surface area (Å²) in [6.07, 6.45) is -0.228. The van der Waals surface area contributed by atoms with E-state index in [9.17, 15) is 13.2 Å². The second kappa shape index (κ2) is 8.73. The quantitative estimate of drug-likeness (QED) is 0.723. The molecule has 0 saturated carbocycles. The largest absolute Gasteiger partial charge is 0.440 e. The number of carbonyl (C=O) groups excluding carboxylic acids is 1. The zero-order valence-corrected chi connectivity index (χ0v) is 17.8. The Morgan fingerprint density at radius 2 is 2.07 bits per heavy atom. The average molecular weight is 428 g/mol. The maximum absolute atomic E-state index is 12.5. The number of rotatable bonds is 7. The number of carbonyl (C=O) groups is 1. The lowest BCUT2D eigenvalue weighted by molar-refractivity contribution is -0.120. The maximum Gasteiger partial charge on any atom is 0.236 e.